The van der Waals surface area contributed by atoms with Crippen LogP contribution in [0.4, 0.5) is 5.69 Å². The molecule has 7 heteroatoms. The van der Waals surface area contributed by atoms with Crippen molar-refractivity contribution >= 4 is 39.1 Å². The van der Waals surface area contributed by atoms with Gasteiger partial charge in [0.15, 0.2) is 0 Å². The first-order valence-corrected chi connectivity index (χ1v) is 10.3. The number of aryl methyl sites for hydroxylation is 1. The Morgan fingerprint density at radius 2 is 1.87 bits per heavy atom. The van der Waals surface area contributed by atoms with E-state index in [1.165, 1.54) is 4.90 Å². The van der Waals surface area contributed by atoms with Gasteiger partial charge in [-0.25, -0.2) is 0 Å². The van der Waals surface area contributed by atoms with Crippen LogP contribution in [0.2, 0.25) is 0 Å². The highest BCUT2D eigenvalue weighted by Crippen LogP contribution is 2.42. The summed E-state index contributed by atoms with van der Waals surface area (Å²) in [6, 6.07) is 14.8. The lowest BCUT2D eigenvalue weighted by Crippen LogP contribution is -2.29. The molecule has 6 nitrogen and oxygen atoms in total. The molecule has 1 aromatic heterocycles. The fraction of sp³-hybridized carbons (Fsp3) is 0.125. The smallest absolute Gasteiger partial charge is 0.300 e. The van der Waals surface area contributed by atoms with Crippen molar-refractivity contribution in [1.82, 2.24) is 4.98 Å². The van der Waals surface area contributed by atoms with E-state index < -0.39 is 17.7 Å². The molecule has 0 saturated carbocycles. The number of ether oxygens (including phenoxy) is 1. The number of hydrogen-bond acceptors (Lipinski definition) is 5. The second-order valence-corrected chi connectivity index (χ2v) is 7.97. The lowest BCUT2D eigenvalue weighted by atomic mass is 9.95. The number of aliphatic hydroxyl groups excluding tert-OH is 1. The van der Waals surface area contributed by atoms with E-state index >= 15 is 0 Å². The van der Waals surface area contributed by atoms with Crippen molar-refractivity contribution in [1.29, 1.82) is 0 Å². The fourth-order valence-electron chi connectivity index (χ4n) is 3.64. The first kappa shape index (κ1) is 20.8. The molecule has 1 saturated heterocycles. The predicted octanol–water partition coefficient (Wildman–Crippen LogP) is 4.79. The number of benzene rings is 2. The maximum Gasteiger partial charge on any atom is 0.300 e. The number of methoxy groups -OCH3 is 1. The molecule has 1 amide bonds. The average Bonchev–Trinajstić information content (AvgIpc) is 3.06. The van der Waals surface area contributed by atoms with E-state index in [4.69, 9.17) is 4.74 Å². The molecule has 31 heavy (non-hydrogen) atoms. The van der Waals surface area contributed by atoms with Crippen molar-refractivity contribution in [2.75, 3.05) is 12.0 Å². The molecule has 0 radical (unpaired) electrons. The third kappa shape index (κ3) is 3.72. The molecule has 3 aromatic rings. The Morgan fingerprint density at radius 3 is 2.48 bits per heavy atom. The number of hydrogen-bond donors (Lipinski definition) is 1. The first-order valence-electron chi connectivity index (χ1n) is 9.54. The lowest BCUT2D eigenvalue weighted by Gasteiger charge is -2.25. The zero-order chi connectivity index (χ0) is 22.1. The Bertz CT molecular complexity index is 1190. The topological polar surface area (TPSA) is 79.7 Å². The zero-order valence-electron chi connectivity index (χ0n) is 16.9. The molecule has 1 aliphatic rings. The van der Waals surface area contributed by atoms with Crippen LogP contribution in [0.1, 0.15) is 22.7 Å². The number of nitrogens with zero attached hydrogens (tertiary/aromatic N) is 2. The molecule has 2 aromatic carbocycles. The lowest BCUT2D eigenvalue weighted by molar-refractivity contribution is -0.132. The second-order valence-electron chi connectivity index (χ2n) is 7.12. The van der Waals surface area contributed by atoms with Crippen molar-refractivity contribution in [3.05, 3.63) is 93.7 Å². The molecule has 0 bridgehead atoms. The number of halogens is 1. The summed E-state index contributed by atoms with van der Waals surface area (Å²) < 4.78 is 6.08. The van der Waals surface area contributed by atoms with E-state index in [9.17, 15) is 14.7 Å². The fourth-order valence-corrected chi connectivity index (χ4v) is 3.89. The molecule has 1 atom stereocenters. The number of ketones is 1. The van der Waals surface area contributed by atoms with Crippen molar-refractivity contribution < 1.29 is 19.4 Å². The molecule has 0 aliphatic carbocycles. The van der Waals surface area contributed by atoms with Crippen LogP contribution in [-0.2, 0) is 9.59 Å². The summed E-state index contributed by atoms with van der Waals surface area (Å²) in [6.45, 7) is 1.88. The van der Waals surface area contributed by atoms with E-state index in [2.05, 4.69) is 20.9 Å². The van der Waals surface area contributed by atoms with E-state index in [0.29, 0.717) is 22.6 Å². The largest absolute Gasteiger partial charge is 0.507 e. The molecule has 2 heterocycles. The SMILES string of the molecule is COc1ccc(N2C(=O)C(=O)/C(=C(\O)c3ccc(Br)c(C)c3)C2c2cccnc2)cc1. The van der Waals surface area contributed by atoms with Gasteiger partial charge in [0.25, 0.3) is 11.7 Å². The Kier molecular flexibility index (Phi) is 5.61. The first-order chi connectivity index (χ1) is 14.9. The highest BCUT2D eigenvalue weighted by atomic mass is 79.9. The van der Waals surface area contributed by atoms with E-state index in [-0.39, 0.29) is 11.3 Å². The van der Waals surface area contributed by atoms with Crippen LogP contribution < -0.4 is 9.64 Å². The summed E-state index contributed by atoms with van der Waals surface area (Å²) in [5, 5.41) is 11.1. The maximum atomic E-state index is 13.1. The Labute approximate surface area is 187 Å². The van der Waals surface area contributed by atoms with Crippen LogP contribution >= 0.6 is 15.9 Å². The summed E-state index contributed by atoms with van der Waals surface area (Å²) in [5.41, 5.74) is 2.51. The Hall–Kier alpha value is -3.45. The van der Waals surface area contributed by atoms with Gasteiger partial charge in [-0.2, -0.15) is 0 Å². The van der Waals surface area contributed by atoms with E-state index in [1.54, 1.807) is 74.1 Å². The van der Waals surface area contributed by atoms with Gasteiger partial charge in [-0.1, -0.05) is 28.1 Å². The molecule has 1 aliphatic heterocycles. The van der Waals surface area contributed by atoms with Gasteiger partial charge in [0.1, 0.15) is 11.5 Å². The maximum absolute atomic E-state index is 13.1. The van der Waals surface area contributed by atoms with Crippen molar-refractivity contribution in [2.24, 2.45) is 0 Å². The van der Waals surface area contributed by atoms with Gasteiger partial charge in [0.2, 0.25) is 0 Å². The number of carbonyl (C=O) groups excluding carboxylic acids is 2. The Balaban J connectivity index is 1.92. The van der Waals surface area contributed by atoms with Crippen LogP contribution in [-0.4, -0.2) is 28.9 Å². The number of anilines is 1. The van der Waals surface area contributed by atoms with Crippen molar-refractivity contribution in [3.8, 4) is 5.75 Å². The number of aromatic nitrogens is 1. The third-order valence-electron chi connectivity index (χ3n) is 5.23. The van der Waals surface area contributed by atoms with Gasteiger partial charge in [-0.05, 0) is 60.5 Å². The van der Waals surface area contributed by atoms with Gasteiger partial charge in [0.05, 0.1) is 18.7 Å². The molecular formula is C24H19BrN2O4. The van der Waals surface area contributed by atoms with Crippen LogP contribution in [0, 0.1) is 6.92 Å². The number of amides is 1. The zero-order valence-corrected chi connectivity index (χ0v) is 18.5. The minimum atomic E-state index is -0.814. The summed E-state index contributed by atoms with van der Waals surface area (Å²) in [6.07, 6.45) is 3.20. The number of pyridine rings is 1. The standard InChI is InChI=1S/C24H19BrN2O4/c1-14-12-15(5-10-19(14)25)22(28)20-21(16-4-3-11-26-13-16)27(24(30)23(20)29)17-6-8-18(31-2)9-7-17/h3-13,21,28H,1-2H3/b22-20-. The van der Waals surface area contributed by atoms with Crippen molar-refractivity contribution in [3.63, 3.8) is 0 Å². The molecule has 4 rings (SSSR count). The summed E-state index contributed by atoms with van der Waals surface area (Å²) in [7, 11) is 1.55. The Morgan fingerprint density at radius 1 is 1.13 bits per heavy atom. The number of carbonyl (C=O) groups is 2. The average molecular weight is 479 g/mol. The van der Waals surface area contributed by atoms with Crippen LogP contribution in [0.15, 0.2) is 77.0 Å². The van der Waals surface area contributed by atoms with E-state index in [0.717, 1.165) is 10.0 Å². The monoisotopic (exact) mass is 478 g/mol. The number of aliphatic hydroxyl groups is 1. The van der Waals surface area contributed by atoms with Gasteiger partial charge >= 0.3 is 0 Å². The summed E-state index contributed by atoms with van der Waals surface area (Å²) >= 11 is 3.44. The van der Waals surface area contributed by atoms with Gasteiger partial charge < -0.3 is 9.84 Å². The van der Waals surface area contributed by atoms with Crippen LogP contribution in [0.25, 0.3) is 5.76 Å². The van der Waals surface area contributed by atoms with Crippen LogP contribution in [0.3, 0.4) is 0 Å². The third-order valence-corrected chi connectivity index (χ3v) is 6.12. The molecule has 156 valence electrons. The normalized spacial score (nSPS) is 17.8. The highest BCUT2D eigenvalue weighted by Gasteiger charge is 2.47. The molecular weight excluding hydrogens is 460 g/mol. The molecule has 1 fully saturated rings. The summed E-state index contributed by atoms with van der Waals surface area (Å²) in [5.74, 6) is -1.06. The minimum absolute atomic E-state index is 0.0236. The molecule has 0 spiro atoms. The number of Topliss-reactive ketones (excluding diaryl/α,β-unsaturated/α-hetero) is 1. The quantitative estimate of drug-likeness (QED) is 0.331. The van der Waals surface area contributed by atoms with Gasteiger partial charge in [0, 0.05) is 28.1 Å². The minimum Gasteiger partial charge on any atom is -0.507 e. The second kappa shape index (κ2) is 8.35. The van der Waals surface area contributed by atoms with Gasteiger partial charge in [-0.3, -0.25) is 19.5 Å². The molecule has 1 unspecified atom stereocenters. The van der Waals surface area contributed by atoms with E-state index in [1.807, 2.05) is 6.92 Å². The molecule has 1 N–H and O–H groups in total. The van der Waals surface area contributed by atoms with Crippen molar-refractivity contribution in [2.45, 2.75) is 13.0 Å². The van der Waals surface area contributed by atoms with Crippen LogP contribution in [0.5, 0.6) is 5.75 Å². The number of rotatable bonds is 4. The summed E-state index contributed by atoms with van der Waals surface area (Å²) in [4.78, 5) is 31.7. The highest BCUT2D eigenvalue weighted by molar-refractivity contribution is 9.10. The predicted molar refractivity (Wildman–Crippen MR) is 121 cm³/mol. The van der Waals surface area contributed by atoms with Gasteiger partial charge in [-0.15, -0.1) is 0 Å².